The van der Waals surface area contributed by atoms with Crippen molar-refractivity contribution in [2.24, 2.45) is 0 Å². The standard InChI is InChI=1S/C12H19N3O/c1-3-8-15(4-2)12(16)14-11-7-5-6-10(13)9-11/h5-7,9H,3-4,8,13H2,1-2H3,(H,14,16). The van der Waals surface area contributed by atoms with Crippen LogP contribution in [0.5, 0.6) is 0 Å². The van der Waals surface area contributed by atoms with Gasteiger partial charge in [-0.25, -0.2) is 4.79 Å². The second-order valence-electron chi connectivity index (χ2n) is 3.64. The third kappa shape index (κ3) is 3.46. The number of hydrogen-bond donors (Lipinski definition) is 2. The average molecular weight is 221 g/mol. The van der Waals surface area contributed by atoms with Crippen LogP contribution in [0.25, 0.3) is 0 Å². The number of urea groups is 1. The Kier molecular flexibility index (Phi) is 4.64. The number of nitrogens with one attached hydrogen (secondary N) is 1. The number of nitrogens with zero attached hydrogens (tertiary/aromatic N) is 1. The Morgan fingerprint density at radius 2 is 2.19 bits per heavy atom. The van der Waals surface area contributed by atoms with Crippen molar-refractivity contribution in [3.05, 3.63) is 24.3 Å². The molecular formula is C12H19N3O. The molecule has 0 bridgehead atoms. The zero-order valence-electron chi connectivity index (χ0n) is 9.86. The van der Waals surface area contributed by atoms with Gasteiger partial charge in [0.25, 0.3) is 0 Å². The number of hydrogen-bond acceptors (Lipinski definition) is 2. The topological polar surface area (TPSA) is 58.4 Å². The van der Waals surface area contributed by atoms with Crippen molar-refractivity contribution in [1.82, 2.24) is 4.90 Å². The zero-order valence-corrected chi connectivity index (χ0v) is 9.86. The summed E-state index contributed by atoms with van der Waals surface area (Å²) in [6.45, 7) is 5.50. The molecule has 0 aliphatic heterocycles. The predicted molar refractivity (Wildman–Crippen MR) is 67.4 cm³/mol. The number of nitrogen functional groups attached to an aromatic ring is 1. The maximum Gasteiger partial charge on any atom is 0.321 e. The van der Waals surface area contributed by atoms with Crippen LogP contribution in [0.1, 0.15) is 20.3 Å². The number of nitrogens with two attached hydrogens (primary N) is 1. The van der Waals surface area contributed by atoms with E-state index >= 15 is 0 Å². The molecular weight excluding hydrogens is 202 g/mol. The van der Waals surface area contributed by atoms with Crippen molar-refractivity contribution < 1.29 is 4.79 Å². The van der Waals surface area contributed by atoms with E-state index in [0.29, 0.717) is 12.2 Å². The van der Waals surface area contributed by atoms with E-state index in [-0.39, 0.29) is 6.03 Å². The zero-order chi connectivity index (χ0) is 12.0. The molecule has 0 aliphatic rings. The summed E-state index contributed by atoms with van der Waals surface area (Å²) in [7, 11) is 0. The van der Waals surface area contributed by atoms with Crippen LogP contribution in [-0.2, 0) is 0 Å². The van der Waals surface area contributed by atoms with E-state index in [1.54, 1.807) is 17.0 Å². The van der Waals surface area contributed by atoms with Crippen molar-refractivity contribution in [3.63, 3.8) is 0 Å². The summed E-state index contributed by atoms with van der Waals surface area (Å²) in [4.78, 5) is 13.6. The van der Waals surface area contributed by atoms with Gasteiger partial charge in [0, 0.05) is 24.5 Å². The summed E-state index contributed by atoms with van der Waals surface area (Å²) in [5.41, 5.74) is 7.02. The van der Waals surface area contributed by atoms with Crippen LogP contribution in [0, 0.1) is 0 Å². The quantitative estimate of drug-likeness (QED) is 0.767. The number of amides is 2. The van der Waals surface area contributed by atoms with Crippen LogP contribution in [-0.4, -0.2) is 24.0 Å². The molecule has 0 aliphatic carbocycles. The second kappa shape index (κ2) is 6.00. The van der Waals surface area contributed by atoms with Gasteiger partial charge in [0.15, 0.2) is 0 Å². The molecule has 3 N–H and O–H groups in total. The van der Waals surface area contributed by atoms with Crippen LogP contribution >= 0.6 is 0 Å². The number of anilines is 2. The highest BCUT2D eigenvalue weighted by atomic mass is 16.2. The van der Waals surface area contributed by atoms with Crippen molar-refractivity contribution in [2.75, 3.05) is 24.1 Å². The first-order valence-corrected chi connectivity index (χ1v) is 5.58. The van der Waals surface area contributed by atoms with E-state index in [0.717, 1.165) is 18.7 Å². The molecule has 16 heavy (non-hydrogen) atoms. The minimum atomic E-state index is -0.0741. The molecule has 4 heteroatoms. The predicted octanol–water partition coefficient (Wildman–Crippen LogP) is 2.53. The van der Waals surface area contributed by atoms with E-state index in [9.17, 15) is 4.79 Å². The summed E-state index contributed by atoms with van der Waals surface area (Å²) in [5.74, 6) is 0. The maximum absolute atomic E-state index is 11.8. The molecule has 1 rings (SSSR count). The molecule has 0 atom stereocenters. The summed E-state index contributed by atoms with van der Waals surface area (Å²) >= 11 is 0. The minimum absolute atomic E-state index is 0.0741. The van der Waals surface area contributed by atoms with Crippen molar-refractivity contribution >= 4 is 17.4 Å². The Hall–Kier alpha value is -1.71. The third-order valence-corrected chi connectivity index (χ3v) is 2.30. The molecule has 1 aromatic carbocycles. The molecule has 2 amide bonds. The first kappa shape index (κ1) is 12.4. The Morgan fingerprint density at radius 3 is 2.75 bits per heavy atom. The lowest BCUT2D eigenvalue weighted by atomic mass is 10.3. The van der Waals surface area contributed by atoms with Gasteiger partial charge in [-0.05, 0) is 31.5 Å². The van der Waals surface area contributed by atoms with Crippen LogP contribution in [0.2, 0.25) is 0 Å². The monoisotopic (exact) mass is 221 g/mol. The molecule has 0 spiro atoms. The summed E-state index contributed by atoms with van der Waals surface area (Å²) < 4.78 is 0. The van der Waals surface area contributed by atoms with Crippen LogP contribution in [0.4, 0.5) is 16.2 Å². The molecule has 88 valence electrons. The van der Waals surface area contributed by atoms with Gasteiger partial charge in [-0.15, -0.1) is 0 Å². The second-order valence-corrected chi connectivity index (χ2v) is 3.64. The molecule has 0 saturated carbocycles. The van der Waals surface area contributed by atoms with Gasteiger partial charge < -0.3 is 16.0 Å². The van der Waals surface area contributed by atoms with Crippen molar-refractivity contribution in [3.8, 4) is 0 Å². The molecule has 0 saturated heterocycles. The lowest BCUT2D eigenvalue weighted by molar-refractivity contribution is 0.214. The highest BCUT2D eigenvalue weighted by Crippen LogP contribution is 2.12. The Morgan fingerprint density at radius 1 is 1.44 bits per heavy atom. The van der Waals surface area contributed by atoms with Gasteiger partial charge in [0.2, 0.25) is 0 Å². The minimum Gasteiger partial charge on any atom is -0.399 e. The van der Waals surface area contributed by atoms with E-state index in [2.05, 4.69) is 12.2 Å². The number of benzene rings is 1. The van der Waals surface area contributed by atoms with Gasteiger partial charge in [-0.1, -0.05) is 13.0 Å². The van der Waals surface area contributed by atoms with E-state index < -0.39 is 0 Å². The van der Waals surface area contributed by atoms with E-state index in [4.69, 9.17) is 5.73 Å². The average Bonchev–Trinajstić information content (AvgIpc) is 2.25. The van der Waals surface area contributed by atoms with Crippen molar-refractivity contribution in [2.45, 2.75) is 20.3 Å². The summed E-state index contributed by atoms with van der Waals surface area (Å²) in [6.07, 6.45) is 0.957. The fourth-order valence-corrected chi connectivity index (χ4v) is 1.49. The molecule has 1 aromatic rings. The fraction of sp³-hybridized carbons (Fsp3) is 0.417. The maximum atomic E-state index is 11.8. The molecule has 4 nitrogen and oxygen atoms in total. The molecule has 0 fully saturated rings. The molecule has 0 radical (unpaired) electrons. The highest BCUT2D eigenvalue weighted by molar-refractivity contribution is 5.89. The first-order valence-electron chi connectivity index (χ1n) is 5.58. The van der Waals surface area contributed by atoms with Gasteiger partial charge >= 0.3 is 6.03 Å². The molecule has 0 heterocycles. The SMILES string of the molecule is CCCN(CC)C(=O)Nc1cccc(N)c1. The van der Waals surface area contributed by atoms with Crippen LogP contribution in [0.15, 0.2) is 24.3 Å². The van der Waals surface area contributed by atoms with Gasteiger partial charge in [-0.3, -0.25) is 0 Å². The summed E-state index contributed by atoms with van der Waals surface area (Å²) in [6, 6.07) is 7.11. The van der Waals surface area contributed by atoms with Crippen LogP contribution < -0.4 is 11.1 Å². The number of carbonyl (C=O) groups excluding carboxylic acids is 1. The van der Waals surface area contributed by atoms with E-state index in [1.165, 1.54) is 0 Å². The largest absolute Gasteiger partial charge is 0.399 e. The smallest absolute Gasteiger partial charge is 0.321 e. The molecule has 0 unspecified atom stereocenters. The lowest BCUT2D eigenvalue weighted by Crippen LogP contribution is -2.35. The lowest BCUT2D eigenvalue weighted by Gasteiger charge is -2.20. The number of carbonyl (C=O) groups is 1. The van der Waals surface area contributed by atoms with Gasteiger partial charge in [0.05, 0.1) is 0 Å². The van der Waals surface area contributed by atoms with Crippen LogP contribution in [0.3, 0.4) is 0 Å². The fourth-order valence-electron chi connectivity index (χ4n) is 1.49. The Labute approximate surface area is 96.4 Å². The Balaban J connectivity index is 2.62. The van der Waals surface area contributed by atoms with Gasteiger partial charge in [-0.2, -0.15) is 0 Å². The van der Waals surface area contributed by atoms with Gasteiger partial charge in [0.1, 0.15) is 0 Å². The highest BCUT2D eigenvalue weighted by Gasteiger charge is 2.09. The van der Waals surface area contributed by atoms with Crippen molar-refractivity contribution in [1.29, 1.82) is 0 Å². The third-order valence-electron chi connectivity index (χ3n) is 2.30. The Bertz CT molecular complexity index is 352. The normalized spacial score (nSPS) is 9.88. The molecule has 0 aromatic heterocycles. The van der Waals surface area contributed by atoms with E-state index in [1.807, 2.05) is 19.1 Å². The first-order chi connectivity index (χ1) is 7.67. The number of rotatable bonds is 4. The summed E-state index contributed by atoms with van der Waals surface area (Å²) in [5, 5.41) is 2.83.